The van der Waals surface area contributed by atoms with E-state index in [1.807, 2.05) is 0 Å². The summed E-state index contributed by atoms with van der Waals surface area (Å²) in [7, 11) is 1.67. The molecule has 1 rings (SSSR count). The third-order valence-corrected chi connectivity index (χ3v) is 2.67. The summed E-state index contributed by atoms with van der Waals surface area (Å²) in [6.45, 7) is 7.16. The maximum atomic E-state index is 11.0. The van der Waals surface area contributed by atoms with Gasteiger partial charge in [-0.2, -0.15) is 0 Å². The molecule has 5 heteroatoms. The van der Waals surface area contributed by atoms with Crippen LogP contribution in [0.15, 0.2) is 0 Å². The smallest absolute Gasteiger partial charge is 0.143 e. The van der Waals surface area contributed by atoms with Crippen LogP contribution in [0, 0.1) is 12.8 Å². The highest BCUT2D eigenvalue weighted by Crippen LogP contribution is 2.16. The molecule has 0 aromatic rings. The molecule has 0 bridgehead atoms. The summed E-state index contributed by atoms with van der Waals surface area (Å²) in [6, 6.07) is 0.422. The Labute approximate surface area is 123 Å². The lowest BCUT2D eigenvalue weighted by atomic mass is 10.2. The summed E-state index contributed by atoms with van der Waals surface area (Å²) in [4.78, 5) is 13.2. The Hall–Kier alpha value is -0.930. The van der Waals surface area contributed by atoms with Gasteiger partial charge < -0.3 is 14.6 Å². The molecule has 1 atom stereocenters. The van der Waals surface area contributed by atoms with Crippen molar-refractivity contribution in [3.63, 3.8) is 0 Å². The van der Waals surface area contributed by atoms with Crippen molar-refractivity contribution in [3.8, 4) is 12.8 Å². The lowest BCUT2D eigenvalue weighted by Gasteiger charge is -2.22. The number of aliphatic hydroxyl groups excluding tert-OH is 1. The average molecular weight is 287 g/mol. The highest BCUT2D eigenvalue weighted by atomic mass is 16.5. The van der Waals surface area contributed by atoms with Crippen LogP contribution in [-0.2, 0) is 14.3 Å². The number of ether oxygens (including phenoxy) is 2. The van der Waals surface area contributed by atoms with Gasteiger partial charge >= 0.3 is 0 Å². The highest BCUT2D eigenvalue weighted by molar-refractivity contribution is 5.77. The molecule has 0 aromatic heterocycles. The second kappa shape index (κ2) is 16.1. The topological polar surface area (TPSA) is 59.0 Å². The first-order valence-electron chi connectivity index (χ1n) is 6.90. The summed E-state index contributed by atoms with van der Waals surface area (Å²) in [5.41, 5.74) is 0. The molecule has 1 N–H and O–H groups in total. The molecule has 1 unspecified atom stereocenters. The highest BCUT2D eigenvalue weighted by Gasteiger charge is 2.24. The fourth-order valence-electron chi connectivity index (χ4n) is 1.94. The van der Waals surface area contributed by atoms with Gasteiger partial charge in [-0.1, -0.05) is 0 Å². The maximum Gasteiger partial charge on any atom is 0.143 e. The van der Waals surface area contributed by atoms with Crippen molar-refractivity contribution in [2.45, 2.75) is 32.7 Å². The van der Waals surface area contributed by atoms with E-state index in [2.05, 4.69) is 17.7 Å². The first-order chi connectivity index (χ1) is 9.65. The Kier molecular flexibility index (Phi) is 17.2. The largest absolute Gasteiger partial charge is 0.397 e. The Bertz CT molecular complexity index is 243. The number of hydrogen-bond acceptors (Lipinski definition) is 5. The summed E-state index contributed by atoms with van der Waals surface area (Å²) in [5, 5.41) is 7.57. The quantitative estimate of drug-likeness (QED) is 0.558. The van der Waals surface area contributed by atoms with E-state index in [0.717, 1.165) is 19.6 Å². The second-order valence-electron chi connectivity index (χ2n) is 4.35. The molecule has 0 spiro atoms. The Balaban J connectivity index is 0. The molecule has 1 saturated heterocycles. The molecule has 118 valence electrons. The van der Waals surface area contributed by atoms with Crippen LogP contribution in [0.2, 0.25) is 0 Å². The third kappa shape index (κ3) is 12.1. The second-order valence-corrected chi connectivity index (χ2v) is 4.35. The van der Waals surface area contributed by atoms with Crippen LogP contribution < -0.4 is 0 Å². The molecule has 0 saturated carbocycles. The number of ketones is 1. The van der Waals surface area contributed by atoms with Gasteiger partial charge in [0, 0.05) is 19.8 Å². The lowest BCUT2D eigenvalue weighted by Crippen LogP contribution is -2.36. The van der Waals surface area contributed by atoms with Gasteiger partial charge in [0.05, 0.1) is 26.4 Å². The third-order valence-electron chi connectivity index (χ3n) is 2.67. The minimum Gasteiger partial charge on any atom is -0.397 e. The molecule has 0 aromatic carbocycles. The number of likely N-dealkylation sites (tertiary alicyclic amines) is 1. The van der Waals surface area contributed by atoms with Crippen LogP contribution in [0.3, 0.4) is 0 Å². The van der Waals surface area contributed by atoms with Gasteiger partial charge in [-0.05, 0) is 33.2 Å². The van der Waals surface area contributed by atoms with E-state index in [0.29, 0.717) is 25.8 Å². The minimum atomic E-state index is 0.235. The molecule has 20 heavy (non-hydrogen) atoms. The number of carbonyl (C=O) groups is 1. The summed E-state index contributed by atoms with van der Waals surface area (Å²) in [5.74, 6) is 0.235. The van der Waals surface area contributed by atoms with Gasteiger partial charge in [0.2, 0.25) is 0 Å². The number of rotatable bonds is 7. The molecule has 1 fully saturated rings. The van der Waals surface area contributed by atoms with Gasteiger partial charge in [-0.25, -0.2) is 0 Å². The van der Waals surface area contributed by atoms with E-state index < -0.39 is 0 Å². The number of hydrogen-bond donors (Lipinski definition) is 1. The monoisotopic (exact) mass is 287 g/mol. The normalized spacial score (nSPS) is 17.6. The molecule has 0 radical (unpaired) electrons. The summed E-state index contributed by atoms with van der Waals surface area (Å²) >= 11 is 0. The molecule has 1 aliphatic rings. The Morgan fingerprint density at radius 3 is 2.50 bits per heavy atom. The van der Waals surface area contributed by atoms with Crippen molar-refractivity contribution in [1.82, 2.24) is 4.90 Å². The van der Waals surface area contributed by atoms with E-state index in [1.165, 1.54) is 6.42 Å². The van der Waals surface area contributed by atoms with Crippen molar-refractivity contribution in [3.05, 3.63) is 0 Å². The van der Waals surface area contributed by atoms with Crippen LogP contribution in [0.5, 0.6) is 0 Å². The predicted molar refractivity (Wildman–Crippen MR) is 80.6 cm³/mol. The van der Waals surface area contributed by atoms with Gasteiger partial charge in [-0.3, -0.25) is 9.69 Å². The van der Waals surface area contributed by atoms with Crippen molar-refractivity contribution < 1.29 is 19.4 Å². The van der Waals surface area contributed by atoms with Gasteiger partial charge in [0.1, 0.15) is 5.78 Å². The molecule has 0 amide bonds. The van der Waals surface area contributed by atoms with E-state index in [1.54, 1.807) is 21.0 Å². The fraction of sp³-hybridized carbons (Fsp3) is 0.800. The number of nitrogens with zero attached hydrogens (tertiary/aromatic N) is 1. The molecule has 0 aliphatic carbocycles. The maximum absolute atomic E-state index is 11.0. The zero-order valence-electron chi connectivity index (χ0n) is 13.0. The van der Waals surface area contributed by atoms with Crippen molar-refractivity contribution >= 4 is 5.78 Å². The number of carbonyl (C=O) groups excluding carboxylic acids is 1. The van der Waals surface area contributed by atoms with Crippen molar-refractivity contribution in [2.75, 3.05) is 46.6 Å². The van der Waals surface area contributed by atoms with Gasteiger partial charge in [0.25, 0.3) is 0 Å². The lowest BCUT2D eigenvalue weighted by molar-refractivity contribution is -0.118. The summed E-state index contributed by atoms with van der Waals surface area (Å²) < 4.78 is 10.4. The zero-order valence-corrected chi connectivity index (χ0v) is 13.0. The number of methoxy groups -OCH3 is 1. The Morgan fingerprint density at radius 1 is 1.40 bits per heavy atom. The molecular weight excluding hydrogens is 258 g/mol. The zero-order chi connectivity index (χ0) is 15.8. The summed E-state index contributed by atoms with van der Waals surface area (Å²) in [6.07, 6.45) is 10.3. The molecule has 1 heterocycles. The van der Waals surface area contributed by atoms with Crippen molar-refractivity contribution in [1.29, 1.82) is 0 Å². The Morgan fingerprint density at radius 2 is 2.00 bits per heavy atom. The van der Waals surface area contributed by atoms with Gasteiger partial charge in [-0.15, -0.1) is 12.8 Å². The van der Waals surface area contributed by atoms with E-state index in [9.17, 15) is 4.79 Å². The molecule has 5 nitrogen and oxygen atoms in total. The van der Waals surface area contributed by atoms with Gasteiger partial charge in [0.15, 0.2) is 0 Å². The molecule has 1 aliphatic heterocycles. The number of terminal acetylenes is 1. The SMILES string of the molecule is C#C.CCO.COCCOCC1CCCN1CC(C)=O. The van der Waals surface area contributed by atoms with Crippen LogP contribution in [0.25, 0.3) is 0 Å². The van der Waals surface area contributed by atoms with Crippen LogP contribution in [0.1, 0.15) is 26.7 Å². The van der Waals surface area contributed by atoms with E-state index >= 15 is 0 Å². The molecular formula is C15H29NO4. The van der Waals surface area contributed by atoms with Crippen LogP contribution >= 0.6 is 0 Å². The van der Waals surface area contributed by atoms with Crippen LogP contribution in [-0.4, -0.2) is 68.5 Å². The van der Waals surface area contributed by atoms with Crippen LogP contribution in [0.4, 0.5) is 0 Å². The first kappa shape index (κ1) is 21.4. The number of aliphatic hydroxyl groups is 1. The first-order valence-corrected chi connectivity index (χ1v) is 6.90. The standard InChI is InChI=1S/C11H21NO3.C2H6O.C2H2/c1-10(13)8-12-5-3-4-11(12)9-15-7-6-14-2;1-2-3;1-2/h11H,3-9H2,1-2H3;3H,2H2,1H3;1-2H. The predicted octanol–water partition coefficient (Wildman–Crippen LogP) is 0.951. The van der Waals surface area contributed by atoms with E-state index in [4.69, 9.17) is 14.6 Å². The fourth-order valence-corrected chi connectivity index (χ4v) is 1.94. The minimum absolute atomic E-state index is 0.235. The van der Waals surface area contributed by atoms with E-state index in [-0.39, 0.29) is 12.4 Å². The number of Topliss-reactive ketones (excluding diaryl/α,β-unsaturated/α-hetero) is 1. The van der Waals surface area contributed by atoms with Crippen molar-refractivity contribution in [2.24, 2.45) is 0 Å². The average Bonchev–Trinajstić information content (AvgIpc) is 2.85.